The molecule has 1 aromatic rings. The molecule has 1 aromatic heterocycles. The van der Waals surface area contributed by atoms with Crippen LogP contribution in [0.4, 0.5) is 0 Å². The summed E-state index contributed by atoms with van der Waals surface area (Å²) in [6, 6.07) is 4.30. The molecule has 0 aromatic carbocycles. The number of nitrogens with two attached hydrogens (primary N) is 1. The predicted molar refractivity (Wildman–Crippen MR) is 71.6 cm³/mol. The molecule has 0 spiro atoms. The van der Waals surface area contributed by atoms with Gasteiger partial charge in [0.2, 0.25) is 0 Å². The Kier molecular flexibility index (Phi) is 4.16. The van der Waals surface area contributed by atoms with Crippen LogP contribution in [-0.4, -0.2) is 4.98 Å². The summed E-state index contributed by atoms with van der Waals surface area (Å²) < 4.78 is 0. The molecule has 2 N–H and O–H groups in total. The second-order valence-electron chi connectivity index (χ2n) is 5.47. The monoisotopic (exact) mass is 232 g/mol. The van der Waals surface area contributed by atoms with E-state index in [-0.39, 0.29) is 6.04 Å². The second kappa shape index (κ2) is 5.63. The van der Waals surface area contributed by atoms with Crippen LogP contribution >= 0.6 is 0 Å². The van der Waals surface area contributed by atoms with E-state index >= 15 is 0 Å². The van der Waals surface area contributed by atoms with E-state index in [1.807, 2.05) is 12.3 Å². The van der Waals surface area contributed by atoms with Crippen molar-refractivity contribution in [2.24, 2.45) is 17.6 Å². The van der Waals surface area contributed by atoms with Gasteiger partial charge in [0.15, 0.2) is 0 Å². The van der Waals surface area contributed by atoms with Crippen molar-refractivity contribution in [3.8, 4) is 0 Å². The van der Waals surface area contributed by atoms with Gasteiger partial charge in [-0.1, -0.05) is 26.2 Å². The molecule has 17 heavy (non-hydrogen) atoms. The molecule has 1 aliphatic rings. The van der Waals surface area contributed by atoms with Crippen LogP contribution in [0.15, 0.2) is 18.3 Å². The molecule has 0 bridgehead atoms. The summed E-state index contributed by atoms with van der Waals surface area (Å²) in [7, 11) is 0. The molecule has 1 atom stereocenters. The summed E-state index contributed by atoms with van der Waals surface area (Å²) >= 11 is 0. The largest absolute Gasteiger partial charge is 0.322 e. The quantitative estimate of drug-likeness (QED) is 0.864. The first-order valence-corrected chi connectivity index (χ1v) is 6.88. The lowest BCUT2D eigenvalue weighted by atomic mass is 9.77. The van der Waals surface area contributed by atoms with E-state index < -0.39 is 0 Å². The fourth-order valence-corrected chi connectivity index (χ4v) is 2.94. The molecule has 0 saturated heterocycles. The number of nitrogens with zero attached hydrogens (tertiary/aromatic N) is 1. The van der Waals surface area contributed by atoms with Crippen molar-refractivity contribution in [3.05, 3.63) is 29.6 Å². The fourth-order valence-electron chi connectivity index (χ4n) is 2.94. The number of pyridine rings is 1. The van der Waals surface area contributed by atoms with Crippen LogP contribution in [0.2, 0.25) is 0 Å². The van der Waals surface area contributed by atoms with Crippen molar-refractivity contribution in [1.29, 1.82) is 0 Å². The van der Waals surface area contributed by atoms with Crippen LogP contribution in [0.3, 0.4) is 0 Å². The minimum Gasteiger partial charge on any atom is -0.322 e. The topological polar surface area (TPSA) is 38.9 Å². The molecule has 0 aliphatic heterocycles. The summed E-state index contributed by atoms with van der Waals surface area (Å²) in [5.41, 5.74) is 8.69. The molecule has 0 radical (unpaired) electrons. The van der Waals surface area contributed by atoms with Crippen molar-refractivity contribution in [3.63, 3.8) is 0 Å². The molecule has 2 rings (SSSR count). The lowest BCUT2D eigenvalue weighted by molar-refractivity contribution is 0.238. The summed E-state index contributed by atoms with van der Waals surface area (Å²) in [6.07, 6.45) is 8.44. The minimum absolute atomic E-state index is 0.132. The standard InChI is InChI=1S/C15H24N2/c1-3-12-4-6-13(7-5-12)15(16)14-10-11(2)8-9-17-14/h8-10,12-13,15H,3-7,16H2,1-2H3. The van der Waals surface area contributed by atoms with Gasteiger partial charge < -0.3 is 5.73 Å². The molecule has 1 saturated carbocycles. The van der Waals surface area contributed by atoms with E-state index in [1.54, 1.807) is 0 Å². The van der Waals surface area contributed by atoms with Gasteiger partial charge in [-0.3, -0.25) is 4.98 Å². The molecular weight excluding hydrogens is 208 g/mol. The SMILES string of the molecule is CCC1CCC(C(N)c2cc(C)ccn2)CC1. The Morgan fingerprint density at radius 3 is 2.65 bits per heavy atom. The van der Waals surface area contributed by atoms with Crippen molar-refractivity contribution < 1.29 is 0 Å². The van der Waals surface area contributed by atoms with Gasteiger partial charge in [0.25, 0.3) is 0 Å². The van der Waals surface area contributed by atoms with E-state index in [1.165, 1.54) is 37.7 Å². The highest BCUT2D eigenvalue weighted by Gasteiger charge is 2.26. The molecule has 1 unspecified atom stereocenters. The molecule has 0 amide bonds. The third-order valence-electron chi connectivity index (χ3n) is 4.25. The molecule has 1 fully saturated rings. The predicted octanol–water partition coefficient (Wildman–Crippen LogP) is 3.61. The van der Waals surface area contributed by atoms with Gasteiger partial charge in [-0.05, 0) is 49.3 Å². The number of aryl methyl sites for hydroxylation is 1. The highest BCUT2D eigenvalue weighted by molar-refractivity contribution is 5.17. The van der Waals surface area contributed by atoms with E-state index in [4.69, 9.17) is 5.73 Å². The summed E-state index contributed by atoms with van der Waals surface area (Å²) in [4.78, 5) is 4.43. The highest BCUT2D eigenvalue weighted by Crippen LogP contribution is 2.36. The molecule has 1 heterocycles. The van der Waals surface area contributed by atoms with Gasteiger partial charge in [-0.2, -0.15) is 0 Å². The van der Waals surface area contributed by atoms with Crippen LogP contribution < -0.4 is 5.73 Å². The Morgan fingerprint density at radius 2 is 2.06 bits per heavy atom. The first-order chi connectivity index (χ1) is 8.20. The first kappa shape index (κ1) is 12.6. The van der Waals surface area contributed by atoms with Crippen molar-refractivity contribution in [2.75, 3.05) is 0 Å². The van der Waals surface area contributed by atoms with Crippen molar-refractivity contribution in [2.45, 2.75) is 52.0 Å². The average Bonchev–Trinajstić information content (AvgIpc) is 2.38. The average molecular weight is 232 g/mol. The van der Waals surface area contributed by atoms with Gasteiger partial charge in [0.1, 0.15) is 0 Å². The molecule has 1 aliphatic carbocycles. The summed E-state index contributed by atoms with van der Waals surface area (Å²) in [5, 5.41) is 0. The maximum absolute atomic E-state index is 6.36. The zero-order chi connectivity index (χ0) is 12.3. The third kappa shape index (κ3) is 3.06. The Balaban J connectivity index is 1.99. The lowest BCUT2D eigenvalue weighted by Crippen LogP contribution is -2.26. The lowest BCUT2D eigenvalue weighted by Gasteiger charge is -2.31. The van der Waals surface area contributed by atoms with Crippen molar-refractivity contribution in [1.82, 2.24) is 4.98 Å². The number of hydrogen-bond acceptors (Lipinski definition) is 2. The van der Waals surface area contributed by atoms with Gasteiger partial charge in [0, 0.05) is 12.2 Å². The normalized spacial score (nSPS) is 26.8. The van der Waals surface area contributed by atoms with Crippen molar-refractivity contribution >= 4 is 0 Å². The minimum atomic E-state index is 0.132. The van der Waals surface area contributed by atoms with Crippen LogP contribution in [-0.2, 0) is 0 Å². The Labute approximate surface area is 105 Å². The van der Waals surface area contributed by atoms with E-state index in [0.29, 0.717) is 5.92 Å². The number of rotatable bonds is 3. The van der Waals surface area contributed by atoms with Gasteiger partial charge >= 0.3 is 0 Å². The maximum Gasteiger partial charge on any atom is 0.0576 e. The molecular formula is C15H24N2. The summed E-state index contributed by atoms with van der Waals surface area (Å²) in [5.74, 6) is 1.57. The smallest absolute Gasteiger partial charge is 0.0576 e. The fraction of sp³-hybridized carbons (Fsp3) is 0.667. The first-order valence-electron chi connectivity index (χ1n) is 6.88. The van der Waals surface area contributed by atoms with Crippen LogP contribution in [0, 0.1) is 18.8 Å². The molecule has 2 nitrogen and oxygen atoms in total. The van der Waals surface area contributed by atoms with Gasteiger partial charge in [0.05, 0.1) is 5.69 Å². The number of aromatic nitrogens is 1. The van der Waals surface area contributed by atoms with Crippen LogP contribution in [0.1, 0.15) is 56.3 Å². The van der Waals surface area contributed by atoms with E-state index in [9.17, 15) is 0 Å². The maximum atomic E-state index is 6.36. The molecule has 2 heteroatoms. The zero-order valence-corrected chi connectivity index (χ0v) is 11.0. The number of hydrogen-bond donors (Lipinski definition) is 1. The Bertz CT molecular complexity index is 354. The van der Waals surface area contributed by atoms with Crippen LogP contribution in [0.5, 0.6) is 0 Å². The third-order valence-corrected chi connectivity index (χ3v) is 4.25. The van der Waals surface area contributed by atoms with E-state index in [0.717, 1.165) is 11.6 Å². The Morgan fingerprint density at radius 1 is 1.35 bits per heavy atom. The highest BCUT2D eigenvalue weighted by atomic mass is 14.8. The Hall–Kier alpha value is -0.890. The van der Waals surface area contributed by atoms with Crippen LogP contribution in [0.25, 0.3) is 0 Å². The van der Waals surface area contributed by atoms with E-state index in [2.05, 4.69) is 24.9 Å². The van der Waals surface area contributed by atoms with Gasteiger partial charge in [-0.25, -0.2) is 0 Å². The van der Waals surface area contributed by atoms with Gasteiger partial charge in [-0.15, -0.1) is 0 Å². The zero-order valence-electron chi connectivity index (χ0n) is 11.0. The second-order valence-corrected chi connectivity index (χ2v) is 5.47. The molecule has 94 valence electrons. The summed E-state index contributed by atoms with van der Waals surface area (Å²) in [6.45, 7) is 4.40.